The number of oxime groups is 1. The second-order valence-corrected chi connectivity index (χ2v) is 5.59. The Balaban J connectivity index is 2.26. The second-order valence-electron chi connectivity index (χ2n) is 5.18. The Kier molecular flexibility index (Phi) is 3.87. The van der Waals surface area contributed by atoms with Gasteiger partial charge in [-0.3, -0.25) is 0 Å². The standard InChI is InChI=1S/C13H18ClN3O2/c1-13(2)8-17(5-6-19-13)11-4-3-9(7-10(11)14)12(15)16-18/h3-4,7,18H,5-6,8H2,1-2H3,(H2,15,16). The van der Waals surface area contributed by atoms with Crippen LogP contribution in [0.3, 0.4) is 0 Å². The highest BCUT2D eigenvalue weighted by molar-refractivity contribution is 6.33. The highest BCUT2D eigenvalue weighted by Crippen LogP contribution is 2.30. The van der Waals surface area contributed by atoms with Gasteiger partial charge in [0.2, 0.25) is 0 Å². The average molecular weight is 284 g/mol. The van der Waals surface area contributed by atoms with Crippen LogP contribution in [0.2, 0.25) is 5.02 Å². The van der Waals surface area contributed by atoms with E-state index in [1.54, 1.807) is 12.1 Å². The number of morpholine rings is 1. The van der Waals surface area contributed by atoms with E-state index < -0.39 is 0 Å². The van der Waals surface area contributed by atoms with Gasteiger partial charge in [-0.1, -0.05) is 16.8 Å². The van der Waals surface area contributed by atoms with Crippen LogP contribution in [-0.2, 0) is 4.74 Å². The number of benzene rings is 1. The number of rotatable bonds is 2. The van der Waals surface area contributed by atoms with Crippen LogP contribution < -0.4 is 10.6 Å². The van der Waals surface area contributed by atoms with E-state index in [1.165, 1.54) is 0 Å². The summed E-state index contributed by atoms with van der Waals surface area (Å²) in [6.07, 6.45) is 0. The Morgan fingerprint density at radius 2 is 2.26 bits per heavy atom. The molecule has 2 rings (SSSR count). The topological polar surface area (TPSA) is 71.1 Å². The zero-order valence-corrected chi connectivity index (χ0v) is 11.8. The summed E-state index contributed by atoms with van der Waals surface area (Å²) in [4.78, 5) is 2.18. The summed E-state index contributed by atoms with van der Waals surface area (Å²) in [5, 5.41) is 12.2. The molecular weight excluding hydrogens is 266 g/mol. The van der Waals surface area contributed by atoms with Crippen LogP contribution in [0.1, 0.15) is 19.4 Å². The van der Waals surface area contributed by atoms with E-state index in [1.807, 2.05) is 6.07 Å². The fourth-order valence-electron chi connectivity index (χ4n) is 2.20. The molecule has 0 saturated carbocycles. The predicted molar refractivity (Wildman–Crippen MR) is 76.2 cm³/mol. The van der Waals surface area contributed by atoms with E-state index in [2.05, 4.69) is 23.9 Å². The zero-order valence-electron chi connectivity index (χ0n) is 11.1. The van der Waals surface area contributed by atoms with Crippen molar-refractivity contribution in [3.63, 3.8) is 0 Å². The molecule has 19 heavy (non-hydrogen) atoms. The lowest BCUT2D eigenvalue weighted by Gasteiger charge is -2.39. The van der Waals surface area contributed by atoms with Gasteiger partial charge in [-0.25, -0.2) is 0 Å². The van der Waals surface area contributed by atoms with Crippen LogP contribution in [0.5, 0.6) is 0 Å². The van der Waals surface area contributed by atoms with Gasteiger partial charge in [0.15, 0.2) is 5.84 Å². The molecule has 0 spiro atoms. The van der Waals surface area contributed by atoms with Crippen molar-refractivity contribution < 1.29 is 9.94 Å². The van der Waals surface area contributed by atoms with Crippen LogP contribution in [0.4, 0.5) is 5.69 Å². The van der Waals surface area contributed by atoms with Gasteiger partial charge in [0.1, 0.15) is 0 Å². The van der Waals surface area contributed by atoms with Crippen molar-refractivity contribution in [2.45, 2.75) is 19.4 Å². The van der Waals surface area contributed by atoms with Gasteiger partial charge in [0, 0.05) is 18.7 Å². The Labute approximate surface area is 117 Å². The van der Waals surface area contributed by atoms with E-state index in [4.69, 9.17) is 27.3 Å². The first-order chi connectivity index (χ1) is 8.93. The van der Waals surface area contributed by atoms with Gasteiger partial charge in [0.25, 0.3) is 0 Å². The van der Waals surface area contributed by atoms with Crippen molar-refractivity contribution >= 4 is 23.1 Å². The summed E-state index contributed by atoms with van der Waals surface area (Å²) in [6.45, 7) is 6.35. The Morgan fingerprint density at radius 1 is 1.53 bits per heavy atom. The summed E-state index contributed by atoms with van der Waals surface area (Å²) >= 11 is 6.28. The van der Waals surface area contributed by atoms with Crippen LogP contribution >= 0.6 is 11.6 Å². The van der Waals surface area contributed by atoms with E-state index in [0.717, 1.165) is 18.8 Å². The maximum Gasteiger partial charge on any atom is 0.170 e. The predicted octanol–water partition coefficient (Wildman–Crippen LogP) is 2.05. The number of anilines is 1. The molecule has 104 valence electrons. The molecule has 1 aromatic carbocycles. The van der Waals surface area contributed by atoms with Gasteiger partial charge < -0.3 is 20.6 Å². The molecule has 1 fully saturated rings. The molecule has 0 atom stereocenters. The lowest BCUT2D eigenvalue weighted by atomic mass is 10.1. The third kappa shape index (κ3) is 3.11. The molecular formula is C13H18ClN3O2. The van der Waals surface area contributed by atoms with Gasteiger partial charge in [0.05, 0.1) is 22.9 Å². The molecule has 1 aliphatic rings. The lowest BCUT2D eigenvalue weighted by molar-refractivity contribution is -0.0276. The monoisotopic (exact) mass is 283 g/mol. The fraction of sp³-hybridized carbons (Fsp3) is 0.462. The first kappa shape index (κ1) is 14.0. The third-order valence-corrected chi connectivity index (χ3v) is 3.42. The molecule has 1 heterocycles. The number of nitrogens with zero attached hydrogens (tertiary/aromatic N) is 2. The molecule has 3 N–H and O–H groups in total. The molecule has 1 aromatic rings. The Morgan fingerprint density at radius 3 is 2.84 bits per heavy atom. The maximum absolute atomic E-state index is 8.66. The van der Waals surface area contributed by atoms with Gasteiger partial charge in [-0.15, -0.1) is 0 Å². The minimum absolute atomic E-state index is 0.0516. The Bertz CT molecular complexity index is 503. The summed E-state index contributed by atoms with van der Waals surface area (Å²) in [7, 11) is 0. The summed E-state index contributed by atoms with van der Waals surface area (Å²) in [5.41, 5.74) is 6.89. The van der Waals surface area contributed by atoms with Crippen molar-refractivity contribution in [2.75, 3.05) is 24.6 Å². The van der Waals surface area contributed by atoms with Gasteiger partial charge in [-0.2, -0.15) is 0 Å². The normalized spacial score (nSPS) is 19.5. The first-order valence-corrected chi connectivity index (χ1v) is 6.47. The van der Waals surface area contributed by atoms with Crippen molar-refractivity contribution in [1.82, 2.24) is 0 Å². The maximum atomic E-state index is 8.66. The minimum atomic E-state index is -0.189. The number of halogens is 1. The quantitative estimate of drug-likeness (QED) is 0.377. The number of hydrogen-bond acceptors (Lipinski definition) is 4. The van der Waals surface area contributed by atoms with Crippen molar-refractivity contribution in [1.29, 1.82) is 0 Å². The van der Waals surface area contributed by atoms with Crippen LogP contribution in [0.15, 0.2) is 23.4 Å². The number of hydrogen-bond donors (Lipinski definition) is 2. The van der Waals surface area contributed by atoms with Crippen LogP contribution in [0.25, 0.3) is 0 Å². The molecule has 0 aliphatic carbocycles. The minimum Gasteiger partial charge on any atom is -0.409 e. The lowest BCUT2D eigenvalue weighted by Crippen LogP contribution is -2.48. The number of amidine groups is 1. The summed E-state index contributed by atoms with van der Waals surface area (Å²) in [5.74, 6) is 0.0516. The fourth-order valence-corrected chi connectivity index (χ4v) is 2.50. The molecule has 1 aliphatic heterocycles. The Hall–Kier alpha value is -1.46. The molecule has 5 nitrogen and oxygen atoms in total. The molecule has 0 bridgehead atoms. The van der Waals surface area contributed by atoms with Crippen molar-refractivity contribution in [2.24, 2.45) is 10.9 Å². The summed E-state index contributed by atoms with van der Waals surface area (Å²) in [6, 6.07) is 5.38. The summed E-state index contributed by atoms with van der Waals surface area (Å²) < 4.78 is 5.68. The molecule has 0 radical (unpaired) electrons. The van der Waals surface area contributed by atoms with E-state index in [0.29, 0.717) is 17.2 Å². The number of ether oxygens (including phenoxy) is 1. The molecule has 6 heteroatoms. The molecule has 0 unspecified atom stereocenters. The molecule has 0 aromatic heterocycles. The van der Waals surface area contributed by atoms with E-state index in [-0.39, 0.29) is 11.4 Å². The van der Waals surface area contributed by atoms with Gasteiger partial charge >= 0.3 is 0 Å². The van der Waals surface area contributed by atoms with Gasteiger partial charge in [-0.05, 0) is 32.0 Å². The van der Waals surface area contributed by atoms with E-state index >= 15 is 0 Å². The van der Waals surface area contributed by atoms with Crippen molar-refractivity contribution in [3.8, 4) is 0 Å². The first-order valence-electron chi connectivity index (χ1n) is 6.09. The average Bonchev–Trinajstić information content (AvgIpc) is 2.36. The SMILES string of the molecule is CC1(C)CN(c2ccc(/C(N)=N/O)cc2Cl)CCO1. The van der Waals surface area contributed by atoms with Crippen LogP contribution in [0, 0.1) is 0 Å². The number of nitrogens with two attached hydrogens (primary N) is 1. The highest BCUT2D eigenvalue weighted by atomic mass is 35.5. The second kappa shape index (κ2) is 5.27. The highest BCUT2D eigenvalue weighted by Gasteiger charge is 2.28. The smallest absolute Gasteiger partial charge is 0.170 e. The largest absolute Gasteiger partial charge is 0.409 e. The van der Waals surface area contributed by atoms with E-state index in [9.17, 15) is 0 Å². The molecule has 0 amide bonds. The zero-order chi connectivity index (χ0) is 14.0. The van der Waals surface area contributed by atoms with Crippen molar-refractivity contribution in [3.05, 3.63) is 28.8 Å². The molecule has 1 saturated heterocycles. The third-order valence-electron chi connectivity index (χ3n) is 3.12. The van der Waals surface area contributed by atoms with Crippen LogP contribution in [-0.4, -0.2) is 36.3 Å².